The number of rotatable bonds is 9. The molecule has 1 aromatic carbocycles. The van der Waals surface area contributed by atoms with E-state index in [-0.39, 0.29) is 11.4 Å². The van der Waals surface area contributed by atoms with Gasteiger partial charge in [0.2, 0.25) is 0 Å². The predicted molar refractivity (Wildman–Crippen MR) is 85.8 cm³/mol. The molecule has 0 saturated heterocycles. The van der Waals surface area contributed by atoms with E-state index in [2.05, 4.69) is 31.0 Å². The average molecular weight is 296 g/mol. The second-order valence-corrected chi connectivity index (χ2v) is 6.30. The Morgan fingerprint density at radius 2 is 2.00 bits per heavy atom. The number of halogens is 1. The molecular weight excluding hydrogens is 267 g/mol. The molecule has 4 heteroatoms. The lowest BCUT2D eigenvalue weighted by atomic mass is 10.1. The van der Waals surface area contributed by atoms with Crippen LogP contribution < -0.4 is 5.32 Å². The Hall–Kier alpha value is -0.970. The molecule has 0 aliphatic carbocycles. The van der Waals surface area contributed by atoms with Crippen molar-refractivity contribution in [1.82, 2.24) is 10.2 Å². The van der Waals surface area contributed by atoms with Gasteiger partial charge in [0.15, 0.2) is 0 Å². The molecule has 0 saturated carbocycles. The molecule has 0 heterocycles. The maximum Gasteiger partial charge on any atom is 0.128 e. The predicted octanol–water partition coefficient (Wildman–Crippen LogP) is 3.18. The van der Waals surface area contributed by atoms with Gasteiger partial charge < -0.3 is 15.0 Å². The third-order valence-electron chi connectivity index (χ3n) is 3.79. The lowest BCUT2D eigenvalue weighted by molar-refractivity contribution is 0.0264. The Balaban J connectivity index is 2.56. The number of nitrogens with zero attached hydrogens (tertiary/aromatic N) is 1. The molecular formula is C17H29FN2O. The molecule has 0 atom stereocenters. The fourth-order valence-corrected chi connectivity index (χ4v) is 1.80. The Kier molecular flexibility index (Phi) is 7.29. The van der Waals surface area contributed by atoms with Gasteiger partial charge in [0.05, 0.1) is 13.2 Å². The second-order valence-electron chi connectivity index (χ2n) is 6.30. The van der Waals surface area contributed by atoms with Gasteiger partial charge in [0.25, 0.3) is 0 Å². The topological polar surface area (TPSA) is 24.5 Å². The van der Waals surface area contributed by atoms with Gasteiger partial charge in [-0.05, 0) is 58.6 Å². The minimum Gasteiger partial charge on any atom is -0.375 e. The highest BCUT2D eigenvalue weighted by Crippen LogP contribution is 2.15. The largest absolute Gasteiger partial charge is 0.375 e. The van der Waals surface area contributed by atoms with E-state index in [0.717, 1.165) is 25.1 Å². The smallest absolute Gasteiger partial charge is 0.128 e. The van der Waals surface area contributed by atoms with Crippen LogP contribution in [-0.4, -0.2) is 37.7 Å². The van der Waals surface area contributed by atoms with Gasteiger partial charge in [-0.3, -0.25) is 0 Å². The summed E-state index contributed by atoms with van der Waals surface area (Å²) in [6.45, 7) is 8.96. The molecule has 0 aromatic heterocycles. The first kappa shape index (κ1) is 18.1. The van der Waals surface area contributed by atoms with Crippen molar-refractivity contribution in [3.63, 3.8) is 0 Å². The Labute approximate surface area is 128 Å². The number of hydrogen-bond donors (Lipinski definition) is 1. The van der Waals surface area contributed by atoms with Crippen molar-refractivity contribution in [2.75, 3.05) is 27.2 Å². The molecule has 0 aliphatic rings. The van der Waals surface area contributed by atoms with E-state index in [0.29, 0.717) is 18.8 Å². The van der Waals surface area contributed by atoms with Crippen LogP contribution in [0.4, 0.5) is 4.39 Å². The summed E-state index contributed by atoms with van der Waals surface area (Å²) >= 11 is 0. The van der Waals surface area contributed by atoms with Crippen LogP contribution in [0.5, 0.6) is 0 Å². The van der Waals surface area contributed by atoms with Gasteiger partial charge >= 0.3 is 0 Å². The zero-order valence-electron chi connectivity index (χ0n) is 14.0. The molecule has 0 aliphatic heterocycles. The van der Waals surface area contributed by atoms with E-state index in [1.165, 1.54) is 6.07 Å². The molecule has 0 amide bonds. The van der Waals surface area contributed by atoms with Crippen LogP contribution in [0.2, 0.25) is 0 Å². The van der Waals surface area contributed by atoms with Crippen LogP contribution >= 0.6 is 0 Å². The number of likely N-dealkylation sites (N-methyl/N-ethyl adjacent to an activating group) is 1. The number of ether oxygens (including phenoxy) is 1. The summed E-state index contributed by atoms with van der Waals surface area (Å²) in [4.78, 5) is 2.11. The molecule has 0 unspecified atom stereocenters. The van der Waals surface area contributed by atoms with Crippen molar-refractivity contribution in [1.29, 1.82) is 0 Å². The van der Waals surface area contributed by atoms with Crippen LogP contribution in [0.3, 0.4) is 0 Å². The first-order valence-electron chi connectivity index (χ1n) is 7.60. The van der Waals surface area contributed by atoms with Crippen molar-refractivity contribution >= 4 is 0 Å². The van der Waals surface area contributed by atoms with E-state index < -0.39 is 0 Å². The van der Waals surface area contributed by atoms with Gasteiger partial charge in [-0.1, -0.05) is 13.0 Å². The van der Waals surface area contributed by atoms with E-state index in [4.69, 9.17) is 4.74 Å². The van der Waals surface area contributed by atoms with Crippen LogP contribution in [0.1, 0.15) is 38.3 Å². The third kappa shape index (κ3) is 6.12. The normalized spacial score (nSPS) is 12.1. The Bertz CT molecular complexity index is 433. The third-order valence-corrected chi connectivity index (χ3v) is 3.79. The number of nitrogens with one attached hydrogen (secondary N) is 1. The molecule has 3 nitrogen and oxygen atoms in total. The van der Waals surface area contributed by atoms with Gasteiger partial charge in [-0.2, -0.15) is 0 Å². The van der Waals surface area contributed by atoms with E-state index >= 15 is 0 Å². The van der Waals surface area contributed by atoms with Crippen molar-refractivity contribution in [2.24, 2.45) is 0 Å². The van der Waals surface area contributed by atoms with Crippen molar-refractivity contribution in [3.8, 4) is 0 Å². The van der Waals surface area contributed by atoms with Gasteiger partial charge in [0, 0.05) is 17.6 Å². The molecule has 1 rings (SSSR count). The Morgan fingerprint density at radius 1 is 1.29 bits per heavy atom. The molecule has 0 fully saturated rings. The Morgan fingerprint density at radius 3 is 2.62 bits per heavy atom. The number of benzene rings is 1. The summed E-state index contributed by atoms with van der Waals surface area (Å²) in [5, 5.41) is 3.32. The highest BCUT2D eigenvalue weighted by molar-refractivity contribution is 5.24. The maximum atomic E-state index is 13.8. The van der Waals surface area contributed by atoms with Crippen molar-refractivity contribution < 1.29 is 9.13 Å². The van der Waals surface area contributed by atoms with E-state index in [1.54, 1.807) is 0 Å². The first-order valence-corrected chi connectivity index (χ1v) is 7.60. The molecule has 1 N–H and O–H groups in total. The molecule has 0 bridgehead atoms. The standard InChI is InChI=1S/C17H29FN2O/c1-6-9-19-11-14-7-8-16(18)15(10-14)12-21-13-17(2,3)20(4)5/h7-8,10,19H,6,9,11-13H2,1-5H3. The minimum atomic E-state index is -0.197. The van der Waals surface area contributed by atoms with Crippen molar-refractivity contribution in [2.45, 2.75) is 45.9 Å². The molecule has 1 aromatic rings. The fraction of sp³-hybridized carbons (Fsp3) is 0.647. The quantitative estimate of drug-likeness (QED) is 0.708. The van der Waals surface area contributed by atoms with Gasteiger partial charge in [-0.25, -0.2) is 4.39 Å². The zero-order valence-corrected chi connectivity index (χ0v) is 14.0. The van der Waals surface area contributed by atoms with E-state index in [9.17, 15) is 4.39 Å². The first-order chi connectivity index (χ1) is 9.86. The minimum absolute atomic E-state index is 0.0588. The van der Waals surface area contributed by atoms with Gasteiger partial charge in [0.1, 0.15) is 5.82 Å². The van der Waals surface area contributed by atoms with E-state index in [1.807, 2.05) is 26.2 Å². The lowest BCUT2D eigenvalue weighted by Crippen LogP contribution is -2.42. The zero-order chi connectivity index (χ0) is 15.9. The summed E-state index contributed by atoms with van der Waals surface area (Å²) in [7, 11) is 4.04. The number of hydrogen-bond acceptors (Lipinski definition) is 3. The van der Waals surface area contributed by atoms with Gasteiger partial charge in [-0.15, -0.1) is 0 Å². The highest BCUT2D eigenvalue weighted by Gasteiger charge is 2.20. The summed E-state index contributed by atoms with van der Waals surface area (Å²) in [5.41, 5.74) is 1.66. The molecule has 0 spiro atoms. The summed E-state index contributed by atoms with van der Waals surface area (Å²) in [5.74, 6) is -0.197. The van der Waals surface area contributed by atoms with Crippen LogP contribution in [0.15, 0.2) is 18.2 Å². The average Bonchev–Trinajstić information content (AvgIpc) is 2.42. The summed E-state index contributed by atoms with van der Waals surface area (Å²) in [6.07, 6.45) is 1.09. The highest BCUT2D eigenvalue weighted by atomic mass is 19.1. The monoisotopic (exact) mass is 296 g/mol. The second kappa shape index (κ2) is 8.47. The molecule has 0 radical (unpaired) electrons. The fourth-order valence-electron chi connectivity index (χ4n) is 1.80. The summed E-state index contributed by atoms with van der Waals surface area (Å²) in [6, 6.07) is 5.24. The molecule has 21 heavy (non-hydrogen) atoms. The van der Waals surface area contributed by atoms with Crippen molar-refractivity contribution in [3.05, 3.63) is 35.1 Å². The summed E-state index contributed by atoms with van der Waals surface area (Å²) < 4.78 is 19.5. The SMILES string of the molecule is CCCNCc1ccc(F)c(COCC(C)(C)N(C)C)c1. The molecule has 120 valence electrons. The lowest BCUT2D eigenvalue weighted by Gasteiger charge is -2.32. The van der Waals surface area contributed by atoms with Crippen LogP contribution in [-0.2, 0) is 17.9 Å². The maximum absolute atomic E-state index is 13.8. The van der Waals surface area contributed by atoms with Crippen LogP contribution in [0, 0.1) is 5.82 Å². The van der Waals surface area contributed by atoms with Crippen LogP contribution in [0.25, 0.3) is 0 Å².